The van der Waals surface area contributed by atoms with Crippen molar-refractivity contribution in [2.24, 2.45) is 0 Å². The SMILES string of the molecule is COc1ccc(N2C(=O)C(O)=C(C(=O)c3cccc([N+](=O)O)c3)C2c2ccc(Cl)cc2)cc1Cl. The van der Waals surface area contributed by atoms with Crippen LogP contribution in [0.25, 0.3) is 0 Å². The van der Waals surface area contributed by atoms with Gasteiger partial charge in [-0.25, -0.2) is 5.21 Å². The molecular weight excluding hydrogens is 483 g/mol. The monoisotopic (exact) mass is 499 g/mol. The minimum Gasteiger partial charge on any atom is -0.503 e. The molecule has 1 atom stereocenters. The summed E-state index contributed by atoms with van der Waals surface area (Å²) in [7, 11) is 1.45. The van der Waals surface area contributed by atoms with Gasteiger partial charge >= 0.3 is 5.69 Å². The third-order valence-electron chi connectivity index (χ3n) is 5.38. The highest BCUT2D eigenvalue weighted by Gasteiger charge is 2.45. The van der Waals surface area contributed by atoms with E-state index in [4.69, 9.17) is 27.9 Å². The lowest BCUT2D eigenvalue weighted by Crippen LogP contribution is -2.31. The molecular formula is C24H17Cl2N2O6+. The molecule has 1 aliphatic rings. The van der Waals surface area contributed by atoms with Crippen LogP contribution in [-0.4, -0.2) is 34.0 Å². The summed E-state index contributed by atoms with van der Waals surface area (Å²) < 4.78 is 5.17. The Kier molecular flexibility index (Phi) is 6.28. The molecule has 4 rings (SSSR count). The van der Waals surface area contributed by atoms with Crippen molar-refractivity contribution in [2.75, 3.05) is 12.0 Å². The molecule has 1 heterocycles. The maximum Gasteiger partial charge on any atom is 0.317 e. The van der Waals surface area contributed by atoms with Crippen molar-refractivity contribution in [2.45, 2.75) is 6.04 Å². The number of hydrogen-bond donors (Lipinski definition) is 2. The quantitative estimate of drug-likeness (QED) is 0.338. The topological polar surface area (TPSA) is 107 Å². The van der Waals surface area contributed by atoms with Gasteiger partial charge in [-0.05, 0) is 35.9 Å². The number of ether oxygens (including phenoxy) is 1. The normalized spacial score (nSPS) is 15.6. The van der Waals surface area contributed by atoms with Crippen molar-refractivity contribution in [3.63, 3.8) is 0 Å². The van der Waals surface area contributed by atoms with Crippen LogP contribution < -0.4 is 9.64 Å². The smallest absolute Gasteiger partial charge is 0.317 e. The number of carbonyl (C=O) groups is 2. The van der Waals surface area contributed by atoms with Gasteiger partial charge in [0.25, 0.3) is 10.8 Å². The van der Waals surface area contributed by atoms with Gasteiger partial charge < -0.3 is 9.84 Å². The number of halogens is 2. The van der Waals surface area contributed by atoms with Crippen LogP contribution in [0.2, 0.25) is 10.0 Å². The molecule has 0 fully saturated rings. The third-order valence-corrected chi connectivity index (χ3v) is 5.93. The van der Waals surface area contributed by atoms with Crippen molar-refractivity contribution in [3.05, 3.63) is 104 Å². The van der Waals surface area contributed by atoms with E-state index >= 15 is 0 Å². The van der Waals surface area contributed by atoms with Gasteiger partial charge in [-0.1, -0.05) is 47.5 Å². The minimum atomic E-state index is -1.03. The van der Waals surface area contributed by atoms with E-state index in [0.717, 1.165) is 6.07 Å². The lowest BCUT2D eigenvalue weighted by Gasteiger charge is -2.27. The number of ketones is 1. The van der Waals surface area contributed by atoms with Crippen LogP contribution >= 0.6 is 23.2 Å². The van der Waals surface area contributed by atoms with E-state index in [9.17, 15) is 24.8 Å². The number of benzene rings is 3. The first-order valence-electron chi connectivity index (χ1n) is 9.89. The molecule has 34 heavy (non-hydrogen) atoms. The van der Waals surface area contributed by atoms with E-state index in [2.05, 4.69) is 0 Å². The molecule has 0 spiro atoms. The van der Waals surface area contributed by atoms with Crippen LogP contribution in [0.1, 0.15) is 22.0 Å². The molecule has 0 saturated heterocycles. The van der Waals surface area contributed by atoms with E-state index in [-0.39, 0.29) is 26.8 Å². The average molecular weight is 500 g/mol. The van der Waals surface area contributed by atoms with Gasteiger partial charge in [-0.2, -0.15) is 0 Å². The Morgan fingerprint density at radius 2 is 1.76 bits per heavy atom. The Hall–Kier alpha value is -3.88. The molecule has 1 unspecified atom stereocenters. The molecule has 10 heteroatoms. The number of hydrogen-bond acceptors (Lipinski definition) is 5. The molecule has 1 amide bonds. The zero-order valence-corrected chi connectivity index (χ0v) is 19.1. The predicted octanol–water partition coefficient (Wildman–Crippen LogP) is 5.58. The second-order valence-electron chi connectivity index (χ2n) is 7.36. The molecule has 0 radical (unpaired) electrons. The summed E-state index contributed by atoms with van der Waals surface area (Å²) >= 11 is 12.3. The second kappa shape index (κ2) is 9.17. The van der Waals surface area contributed by atoms with Crippen molar-refractivity contribution in [3.8, 4) is 5.75 Å². The maximum atomic E-state index is 13.5. The summed E-state index contributed by atoms with van der Waals surface area (Å²) in [6, 6.07) is 15.3. The van der Waals surface area contributed by atoms with Crippen LogP contribution in [0.15, 0.2) is 78.1 Å². The van der Waals surface area contributed by atoms with Gasteiger partial charge in [-0.15, -0.1) is 0 Å². The van der Waals surface area contributed by atoms with Gasteiger partial charge in [0.2, 0.25) is 0 Å². The molecule has 0 saturated carbocycles. The Morgan fingerprint density at radius 1 is 1.06 bits per heavy atom. The van der Waals surface area contributed by atoms with Gasteiger partial charge in [0.15, 0.2) is 11.5 Å². The standard InChI is InChI=1S/C24H16Cl2N2O6/c1-34-19-10-9-16(12-18(19)26)27-21(13-5-7-15(25)8-6-13)20(23(30)24(27)31)22(29)14-3-2-4-17(11-14)28(32)33/h2-12,21H,1H3,(H-,29,30,32,33)/p+1. The summed E-state index contributed by atoms with van der Waals surface area (Å²) in [4.78, 5) is 38.9. The summed E-state index contributed by atoms with van der Waals surface area (Å²) in [6.07, 6.45) is 0. The lowest BCUT2D eigenvalue weighted by atomic mass is 9.92. The van der Waals surface area contributed by atoms with Crippen molar-refractivity contribution in [1.82, 2.24) is 0 Å². The first-order chi connectivity index (χ1) is 16.2. The molecule has 8 nitrogen and oxygen atoms in total. The highest BCUT2D eigenvalue weighted by molar-refractivity contribution is 6.32. The van der Waals surface area contributed by atoms with Crippen molar-refractivity contribution >= 4 is 46.3 Å². The number of nitrogens with zero attached hydrogens (tertiary/aromatic N) is 2. The number of rotatable bonds is 6. The number of aliphatic hydroxyl groups excluding tert-OH is 1. The first kappa shape index (κ1) is 23.3. The zero-order valence-electron chi connectivity index (χ0n) is 17.6. The molecule has 3 aromatic carbocycles. The second-order valence-corrected chi connectivity index (χ2v) is 8.21. The average Bonchev–Trinajstić information content (AvgIpc) is 3.09. The van der Waals surface area contributed by atoms with E-state index in [1.165, 1.54) is 36.3 Å². The number of amides is 1. The number of aliphatic hydroxyl groups is 1. The lowest BCUT2D eigenvalue weighted by molar-refractivity contribution is -0.729. The van der Waals surface area contributed by atoms with Gasteiger partial charge in [-0.3, -0.25) is 14.5 Å². The molecule has 0 aliphatic carbocycles. The zero-order chi connectivity index (χ0) is 24.6. The molecule has 0 bridgehead atoms. The number of methoxy groups -OCH3 is 1. The summed E-state index contributed by atoms with van der Waals surface area (Å²) in [5, 5.41) is 20.7. The molecule has 0 aromatic heterocycles. The summed E-state index contributed by atoms with van der Waals surface area (Å²) in [5.41, 5.74) is 0.431. The van der Waals surface area contributed by atoms with Crippen LogP contribution in [0.5, 0.6) is 5.75 Å². The fourth-order valence-corrected chi connectivity index (χ4v) is 4.17. The summed E-state index contributed by atoms with van der Waals surface area (Å²) in [5.74, 6) is -1.87. The predicted molar refractivity (Wildman–Crippen MR) is 125 cm³/mol. The summed E-state index contributed by atoms with van der Waals surface area (Å²) in [6.45, 7) is 0. The third kappa shape index (κ3) is 4.09. The van der Waals surface area contributed by atoms with Crippen molar-refractivity contribution < 1.29 is 29.6 Å². The maximum absolute atomic E-state index is 13.5. The molecule has 172 valence electrons. The van der Waals surface area contributed by atoms with Crippen LogP contribution in [0, 0.1) is 4.91 Å². The van der Waals surface area contributed by atoms with Gasteiger partial charge in [0.1, 0.15) is 5.75 Å². The van der Waals surface area contributed by atoms with E-state index in [1.807, 2.05) is 0 Å². The Labute approximate surface area is 203 Å². The number of anilines is 1. The molecule has 2 N–H and O–H groups in total. The van der Waals surface area contributed by atoms with Crippen molar-refractivity contribution in [1.29, 1.82) is 0 Å². The first-order valence-corrected chi connectivity index (χ1v) is 10.6. The Morgan fingerprint density at radius 3 is 2.38 bits per heavy atom. The van der Waals surface area contributed by atoms with E-state index in [0.29, 0.717) is 22.0 Å². The highest BCUT2D eigenvalue weighted by Crippen LogP contribution is 2.43. The molecule has 3 aromatic rings. The van der Waals surface area contributed by atoms with Crippen LogP contribution in [-0.2, 0) is 4.79 Å². The Balaban J connectivity index is 1.87. The number of Topliss-reactive ketones (excluding diaryl/α,β-unsaturated/α-hetero) is 1. The van der Waals surface area contributed by atoms with Gasteiger partial charge in [0.05, 0.1) is 28.7 Å². The fourth-order valence-electron chi connectivity index (χ4n) is 3.79. The van der Waals surface area contributed by atoms with Crippen LogP contribution in [0.3, 0.4) is 0 Å². The largest absolute Gasteiger partial charge is 0.503 e. The van der Waals surface area contributed by atoms with E-state index in [1.54, 1.807) is 36.4 Å². The molecule has 1 aliphatic heterocycles. The fraction of sp³-hybridized carbons (Fsp3) is 0.0833. The number of carbonyl (C=O) groups excluding carboxylic acids is 2. The highest BCUT2D eigenvalue weighted by atomic mass is 35.5. The minimum absolute atomic E-state index is 0.00433. The van der Waals surface area contributed by atoms with E-state index < -0.39 is 23.5 Å². The van der Waals surface area contributed by atoms with Gasteiger partial charge in [0, 0.05) is 28.4 Å². The Bertz CT molecular complexity index is 1350. The van der Waals surface area contributed by atoms with Crippen LogP contribution in [0.4, 0.5) is 11.4 Å².